The molecule has 4 rings (SSSR count). The molecule has 2 saturated heterocycles. The van der Waals surface area contributed by atoms with Crippen molar-refractivity contribution >= 4 is 23.3 Å². The van der Waals surface area contributed by atoms with Crippen LogP contribution in [0.4, 0.5) is 5.69 Å². The van der Waals surface area contributed by atoms with E-state index in [0.717, 1.165) is 0 Å². The molecule has 3 heterocycles. The molecule has 0 aliphatic carbocycles. The molecule has 0 aromatic heterocycles. The number of nitrogens with zero attached hydrogens (tertiary/aromatic N) is 1. The van der Waals surface area contributed by atoms with Crippen LogP contribution in [0.2, 0.25) is 0 Å². The van der Waals surface area contributed by atoms with Crippen LogP contribution in [0.5, 0.6) is 0 Å². The Morgan fingerprint density at radius 1 is 1.00 bits per heavy atom. The molecule has 2 amide bonds. The number of rotatable bonds is 2. The molecule has 0 spiro atoms. The van der Waals surface area contributed by atoms with Gasteiger partial charge in [-0.1, -0.05) is 12.2 Å². The standard InChI is InChI=1S/C16H13NO4/c1-8(18)9-2-4-10(5-3-9)17-15(19)13-11-6-7-12(21-11)14(13)16(17)20/h2-7,11-14H,1H3/t11-,12-,13+,14+/m1/s1. The summed E-state index contributed by atoms with van der Waals surface area (Å²) in [5.74, 6) is -1.28. The lowest BCUT2D eigenvalue weighted by Crippen LogP contribution is -2.34. The number of ether oxygens (including phenoxy) is 1. The van der Waals surface area contributed by atoms with E-state index in [-0.39, 0.29) is 29.8 Å². The highest BCUT2D eigenvalue weighted by Crippen LogP contribution is 2.46. The quantitative estimate of drug-likeness (QED) is 0.466. The van der Waals surface area contributed by atoms with Crippen LogP contribution in [0.1, 0.15) is 17.3 Å². The first-order valence-electron chi connectivity index (χ1n) is 6.90. The molecule has 0 radical (unpaired) electrons. The summed E-state index contributed by atoms with van der Waals surface area (Å²) in [5.41, 5.74) is 1.08. The zero-order valence-electron chi connectivity index (χ0n) is 11.4. The van der Waals surface area contributed by atoms with Gasteiger partial charge in [0.1, 0.15) is 0 Å². The number of benzene rings is 1. The maximum Gasteiger partial charge on any atom is 0.240 e. The van der Waals surface area contributed by atoms with Crippen molar-refractivity contribution in [2.24, 2.45) is 11.8 Å². The molecule has 0 saturated carbocycles. The largest absolute Gasteiger partial charge is 0.365 e. The third-order valence-electron chi connectivity index (χ3n) is 4.44. The number of amides is 2. The first kappa shape index (κ1) is 12.5. The van der Waals surface area contributed by atoms with Gasteiger partial charge in [-0.3, -0.25) is 14.4 Å². The maximum atomic E-state index is 12.5. The zero-order valence-corrected chi connectivity index (χ0v) is 11.4. The van der Waals surface area contributed by atoms with Crippen LogP contribution in [0, 0.1) is 11.8 Å². The molecule has 5 heteroatoms. The Balaban J connectivity index is 1.69. The lowest BCUT2D eigenvalue weighted by atomic mass is 9.85. The molecule has 4 atom stereocenters. The zero-order chi connectivity index (χ0) is 14.7. The minimum atomic E-state index is -0.403. The number of carbonyl (C=O) groups is 3. The van der Waals surface area contributed by atoms with Crippen molar-refractivity contribution in [1.82, 2.24) is 0 Å². The topological polar surface area (TPSA) is 63.7 Å². The van der Waals surface area contributed by atoms with E-state index >= 15 is 0 Å². The highest BCUT2D eigenvalue weighted by atomic mass is 16.5. The minimum Gasteiger partial charge on any atom is -0.365 e. The molecular formula is C16H13NO4. The van der Waals surface area contributed by atoms with Crippen molar-refractivity contribution < 1.29 is 19.1 Å². The molecular weight excluding hydrogens is 270 g/mol. The van der Waals surface area contributed by atoms with Gasteiger partial charge in [-0.2, -0.15) is 0 Å². The lowest BCUT2D eigenvalue weighted by Gasteiger charge is -2.17. The average molecular weight is 283 g/mol. The van der Waals surface area contributed by atoms with Crippen LogP contribution in [-0.2, 0) is 14.3 Å². The second-order valence-corrected chi connectivity index (χ2v) is 5.62. The second kappa shape index (κ2) is 4.11. The molecule has 1 aromatic carbocycles. The van der Waals surface area contributed by atoms with Gasteiger partial charge in [-0.15, -0.1) is 0 Å². The summed E-state index contributed by atoms with van der Waals surface area (Å²) in [6.07, 6.45) is 3.16. The van der Waals surface area contributed by atoms with E-state index in [2.05, 4.69) is 0 Å². The number of hydrogen-bond donors (Lipinski definition) is 0. The van der Waals surface area contributed by atoms with Gasteiger partial charge in [0.15, 0.2) is 5.78 Å². The minimum absolute atomic E-state index is 0.0480. The van der Waals surface area contributed by atoms with Crippen molar-refractivity contribution in [2.75, 3.05) is 4.90 Å². The molecule has 0 N–H and O–H groups in total. The normalized spacial score (nSPS) is 32.9. The van der Waals surface area contributed by atoms with Gasteiger partial charge in [-0.25, -0.2) is 4.90 Å². The van der Waals surface area contributed by atoms with E-state index in [1.54, 1.807) is 24.3 Å². The number of anilines is 1. The Bertz CT molecular complexity index is 661. The number of hydrogen-bond acceptors (Lipinski definition) is 4. The Morgan fingerprint density at radius 2 is 1.52 bits per heavy atom. The van der Waals surface area contributed by atoms with Gasteiger partial charge in [0.25, 0.3) is 0 Å². The van der Waals surface area contributed by atoms with Gasteiger partial charge < -0.3 is 4.74 Å². The first-order valence-corrected chi connectivity index (χ1v) is 6.90. The highest BCUT2D eigenvalue weighted by Gasteiger charge is 2.60. The van der Waals surface area contributed by atoms with E-state index in [1.165, 1.54) is 11.8 Å². The van der Waals surface area contributed by atoms with Gasteiger partial charge in [0, 0.05) is 5.56 Å². The van der Waals surface area contributed by atoms with Crippen LogP contribution in [0.3, 0.4) is 0 Å². The van der Waals surface area contributed by atoms with Crippen molar-refractivity contribution in [3.63, 3.8) is 0 Å². The lowest BCUT2D eigenvalue weighted by molar-refractivity contribution is -0.124. The van der Waals surface area contributed by atoms with Gasteiger partial charge in [0.05, 0.1) is 29.7 Å². The average Bonchev–Trinajstić information content (AvgIpc) is 3.13. The van der Waals surface area contributed by atoms with Gasteiger partial charge >= 0.3 is 0 Å². The van der Waals surface area contributed by atoms with Crippen LogP contribution >= 0.6 is 0 Å². The fourth-order valence-electron chi connectivity index (χ4n) is 3.40. The van der Waals surface area contributed by atoms with Gasteiger partial charge in [0.2, 0.25) is 11.8 Å². The van der Waals surface area contributed by atoms with Crippen molar-refractivity contribution in [3.05, 3.63) is 42.0 Å². The van der Waals surface area contributed by atoms with E-state index in [4.69, 9.17) is 4.74 Å². The highest BCUT2D eigenvalue weighted by molar-refractivity contribution is 6.23. The van der Waals surface area contributed by atoms with Crippen LogP contribution in [0.25, 0.3) is 0 Å². The Hall–Kier alpha value is -2.27. The fourth-order valence-corrected chi connectivity index (χ4v) is 3.40. The number of fused-ring (bicyclic) bond motifs is 5. The number of imide groups is 1. The summed E-state index contributed by atoms with van der Waals surface area (Å²) >= 11 is 0. The Labute approximate surface area is 121 Å². The third kappa shape index (κ3) is 1.58. The number of ketones is 1. The molecule has 2 fully saturated rings. The summed E-state index contributed by atoms with van der Waals surface area (Å²) in [6, 6.07) is 6.55. The predicted octanol–water partition coefficient (Wildman–Crippen LogP) is 1.33. The SMILES string of the molecule is CC(=O)c1ccc(N2C(=O)[C@@H]3[C@@H](C2=O)[C@H]2C=C[C@H]3O2)cc1. The molecule has 0 unspecified atom stereocenters. The van der Waals surface area contributed by atoms with E-state index in [0.29, 0.717) is 11.3 Å². The van der Waals surface area contributed by atoms with E-state index in [9.17, 15) is 14.4 Å². The molecule has 2 bridgehead atoms. The van der Waals surface area contributed by atoms with Crippen LogP contribution in [-0.4, -0.2) is 29.8 Å². The number of carbonyl (C=O) groups excluding carboxylic acids is 3. The summed E-state index contributed by atoms with van der Waals surface area (Å²) < 4.78 is 5.59. The monoisotopic (exact) mass is 283 g/mol. The summed E-state index contributed by atoms with van der Waals surface area (Å²) in [7, 11) is 0. The summed E-state index contributed by atoms with van der Waals surface area (Å²) in [6.45, 7) is 1.48. The summed E-state index contributed by atoms with van der Waals surface area (Å²) in [5, 5.41) is 0. The molecule has 3 aliphatic heterocycles. The number of Topliss-reactive ketones (excluding diaryl/α,β-unsaturated/α-hetero) is 1. The molecule has 3 aliphatic rings. The van der Waals surface area contributed by atoms with Gasteiger partial charge in [-0.05, 0) is 31.2 Å². The third-order valence-corrected chi connectivity index (χ3v) is 4.44. The van der Waals surface area contributed by atoms with Crippen molar-refractivity contribution in [1.29, 1.82) is 0 Å². The van der Waals surface area contributed by atoms with Crippen molar-refractivity contribution in [3.8, 4) is 0 Å². The molecule has 106 valence electrons. The fraction of sp³-hybridized carbons (Fsp3) is 0.312. The maximum absolute atomic E-state index is 12.5. The Morgan fingerprint density at radius 3 is 2.00 bits per heavy atom. The molecule has 1 aromatic rings. The Kier molecular flexibility index (Phi) is 2.44. The summed E-state index contributed by atoms with van der Waals surface area (Å²) in [4.78, 5) is 37.6. The predicted molar refractivity (Wildman–Crippen MR) is 73.7 cm³/mol. The molecule has 5 nitrogen and oxygen atoms in total. The van der Waals surface area contributed by atoms with E-state index in [1.807, 2.05) is 12.2 Å². The smallest absolute Gasteiger partial charge is 0.240 e. The van der Waals surface area contributed by atoms with Crippen LogP contribution in [0.15, 0.2) is 36.4 Å². The molecule has 21 heavy (non-hydrogen) atoms. The van der Waals surface area contributed by atoms with Crippen molar-refractivity contribution in [2.45, 2.75) is 19.1 Å². The second-order valence-electron chi connectivity index (χ2n) is 5.62. The van der Waals surface area contributed by atoms with E-state index < -0.39 is 11.8 Å². The van der Waals surface area contributed by atoms with Crippen LogP contribution < -0.4 is 4.90 Å². The first-order chi connectivity index (χ1) is 10.1.